The van der Waals surface area contributed by atoms with Gasteiger partial charge in [0.15, 0.2) is 0 Å². The van der Waals surface area contributed by atoms with Crippen molar-refractivity contribution in [3.63, 3.8) is 0 Å². The lowest BCUT2D eigenvalue weighted by Crippen LogP contribution is -2.53. The van der Waals surface area contributed by atoms with Crippen molar-refractivity contribution in [3.05, 3.63) is 0 Å². The maximum absolute atomic E-state index is 9.70. The highest BCUT2D eigenvalue weighted by atomic mass is 16.3. The van der Waals surface area contributed by atoms with Gasteiger partial charge in [-0.05, 0) is 61.2 Å². The molecule has 0 heterocycles. The molecule has 4 bridgehead atoms. The highest BCUT2D eigenvalue weighted by Crippen LogP contribution is 2.62. The predicted octanol–water partition coefficient (Wildman–Crippen LogP) is 2.83. The Hall–Kier alpha value is -0.0400. The molecule has 0 aliphatic heterocycles. The Morgan fingerprint density at radius 2 is 2.14 bits per heavy atom. The molecule has 1 N–H and O–H groups in total. The molecule has 0 aromatic carbocycles. The van der Waals surface area contributed by atoms with E-state index in [2.05, 4.69) is 6.92 Å². The fourth-order valence-corrected chi connectivity index (χ4v) is 4.87. The molecule has 14 heavy (non-hydrogen) atoms. The molecule has 0 aromatic heterocycles. The fourth-order valence-electron chi connectivity index (χ4n) is 4.87. The number of rotatable bonds is 1. The van der Waals surface area contributed by atoms with Gasteiger partial charge >= 0.3 is 0 Å². The molecule has 4 aliphatic carbocycles. The molecule has 80 valence electrons. The predicted molar refractivity (Wildman–Crippen MR) is 56.9 cm³/mol. The van der Waals surface area contributed by atoms with Crippen LogP contribution in [0.15, 0.2) is 0 Å². The number of fused-ring (bicyclic) bond motifs is 1. The van der Waals surface area contributed by atoms with E-state index in [9.17, 15) is 5.11 Å². The first-order valence-corrected chi connectivity index (χ1v) is 6.36. The second kappa shape index (κ2) is 2.98. The maximum atomic E-state index is 9.70. The van der Waals surface area contributed by atoms with Crippen LogP contribution in [0, 0.1) is 29.1 Å². The largest absolute Gasteiger partial charge is 0.396 e. The summed E-state index contributed by atoms with van der Waals surface area (Å²) in [6.45, 7) is 2.91. The smallest absolute Gasteiger partial charge is 0.0490 e. The SMILES string of the molecule is C[C@@H]1CC[C@]2(CO)C[C@H]3CC[C@@H]2[C@@H]1C3. The van der Waals surface area contributed by atoms with Crippen molar-refractivity contribution < 1.29 is 5.11 Å². The Kier molecular flexibility index (Phi) is 1.96. The van der Waals surface area contributed by atoms with E-state index in [4.69, 9.17) is 0 Å². The first-order valence-electron chi connectivity index (χ1n) is 6.36. The fraction of sp³-hybridized carbons (Fsp3) is 1.00. The van der Waals surface area contributed by atoms with Crippen LogP contribution in [0.2, 0.25) is 0 Å². The summed E-state index contributed by atoms with van der Waals surface area (Å²) >= 11 is 0. The van der Waals surface area contributed by atoms with Gasteiger partial charge in [0.1, 0.15) is 0 Å². The number of aliphatic hydroxyl groups is 1. The van der Waals surface area contributed by atoms with E-state index < -0.39 is 0 Å². The van der Waals surface area contributed by atoms with Gasteiger partial charge in [0.25, 0.3) is 0 Å². The second-order valence-corrected chi connectivity index (χ2v) is 6.19. The summed E-state index contributed by atoms with van der Waals surface area (Å²) in [6, 6.07) is 0. The third kappa shape index (κ3) is 1.05. The van der Waals surface area contributed by atoms with Crippen LogP contribution >= 0.6 is 0 Å². The zero-order valence-corrected chi connectivity index (χ0v) is 9.21. The molecular weight excluding hydrogens is 172 g/mol. The Balaban J connectivity index is 1.94. The van der Waals surface area contributed by atoms with Crippen molar-refractivity contribution in [2.75, 3.05) is 6.61 Å². The van der Waals surface area contributed by atoms with Gasteiger partial charge in [0.2, 0.25) is 0 Å². The summed E-state index contributed by atoms with van der Waals surface area (Å²) < 4.78 is 0. The lowest BCUT2D eigenvalue weighted by atomic mass is 9.45. The first kappa shape index (κ1) is 9.21. The molecule has 1 heteroatoms. The van der Waals surface area contributed by atoms with Crippen molar-refractivity contribution in [3.8, 4) is 0 Å². The summed E-state index contributed by atoms with van der Waals surface area (Å²) in [4.78, 5) is 0. The standard InChI is InChI=1S/C13H22O/c1-9-4-5-13(8-14)7-10-2-3-12(13)11(9)6-10/h9-12,14H,2-8H2,1H3/t9-,10+,11-,12-,13-/m1/s1. The summed E-state index contributed by atoms with van der Waals surface area (Å²) in [5.74, 6) is 3.73. The Morgan fingerprint density at radius 1 is 1.29 bits per heavy atom. The topological polar surface area (TPSA) is 20.2 Å². The van der Waals surface area contributed by atoms with Crippen LogP contribution in [0.5, 0.6) is 0 Å². The van der Waals surface area contributed by atoms with Crippen LogP contribution in [0.1, 0.15) is 45.4 Å². The van der Waals surface area contributed by atoms with E-state index in [1.54, 1.807) is 0 Å². The lowest BCUT2D eigenvalue weighted by Gasteiger charge is -2.60. The van der Waals surface area contributed by atoms with Gasteiger partial charge in [-0.1, -0.05) is 13.3 Å². The van der Waals surface area contributed by atoms with Crippen molar-refractivity contribution in [2.45, 2.75) is 45.4 Å². The molecule has 4 fully saturated rings. The van der Waals surface area contributed by atoms with Crippen LogP contribution < -0.4 is 0 Å². The molecule has 0 saturated heterocycles. The van der Waals surface area contributed by atoms with E-state index in [-0.39, 0.29) is 0 Å². The zero-order valence-electron chi connectivity index (χ0n) is 9.21. The number of hydrogen-bond donors (Lipinski definition) is 1. The first-order chi connectivity index (χ1) is 6.75. The van der Waals surface area contributed by atoms with Gasteiger partial charge in [-0.25, -0.2) is 0 Å². The van der Waals surface area contributed by atoms with E-state index in [1.165, 1.54) is 38.5 Å². The Labute approximate surface area is 86.9 Å². The van der Waals surface area contributed by atoms with Crippen LogP contribution in [-0.2, 0) is 0 Å². The van der Waals surface area contributed by atoms with Crippen LogP contribution in [0.3, 0.4) is 0 Å². The molecule has 0 radical (unpaired) electrons. The van der Waals surface area contributed by atoms with Gasteiger partial charge < -0.3 is 5.11 Å². The second-order valence-electron chi connectivity index (χ2n) is 6.19. The van der Waals surface area contributed by atoms with Gasteiger partial charge in [-0.2, -0.15) is 0 Å². The maximum Gasteiger partial charge on any atom is 0.0490 e. The van der Waals surface area contributed by atoms with Crippen LogP contribution in [0.4, 0.5) is 0 Å². The molecule has 0 aromatic rings. The molecule has 0 unspecified atom stereocenters. The monoisotopic (exact) mass is 194 g/mol. The van der Waals surface area contributed by atoms with Crippen molar-refractivity contribution in [1.29, 1.82) is 0 Å². The summed E-state index contributed by atoms with van der Waals surface area (Å²) in [7, 11) is 0. The molecule has 1 nitrogen and oxygen atoms in total. The van der Waals surface area contributed by atoms with Gasteiger partial charge in [-0.15, -0.1) is 0 Å². The summed E-state index contributed by atoms with van der Waals surface area (Å²) in [5, 5.41) is 9.70. The molecular formula is C13H22O. The van der Waals surface area contributed by atoms with Crippen LogP contribution in [0.25, 0.3) is 0 Å². The zero-order chi connectivity index (χ0) is 9.76. The third-order valence-electron chi connectivity index (χ3n) is 5.63. The van der Waals surface area contributed by atoms with E-state index >= 15 is 0 Å². The van der Waals surface area contributed by atoms with E-state index in [0.29, 0.717) is 12.0 Å². The molecule has 0 spiro atoms. The van der Waals surface area contributed by atoms with Crippen LogP contribution in [-0.4, -0.2) is 11.7 Å². The number of hydrogen-bond acceptors (Lipinski definition) is 1. The molecule has 0 amide bonds. The minimum absolute atomic E-state index is 0.373. The molecule has 4 saturated carbocycles. The lowest BCUT2D eigenvalue weighted by molar-refractivity contribution is -0.126. The van der Waals surface area contributed by atoms with Crippen molar-refractivity contribution in [1.82, 2.24) is 0 Å². The molecule has 5 atom stereocenters. The van der Waals surface area contributed by atoms with Crippen molar-refractivity contribution >= 4 is 0 Å². The van der Waals surface area contributed by atoms with Gasteiger partial charge in [-0.3, -0.25) is 0 Å². The van der Waals surface area contributed by atoms with E-state index in [1.807, 2.05) is 0 Å². The Bertz CT molecular complexity index is 237. The summed E-state index contributed by atoms with van der Waals surface area (Å²) in [6.07, 6.45) is 8.37. The summed E-state index contributed by atoms with van der Waals surface area (Å²) in [5.41, 5.74) is 0.373. The molecule has 4 aliphatic rings. The Morgan fingerprint density at radius 3 is 2.86 bits per heavy atom. The quantitative estimate of drug-likeness (QED) is 0.680. The third-order valence-corrected chi connectivity index (χ3v) is 5.63. The van der Waals surface area contributed by atoms with Crippen molar-refractivity contribution in [2.24, 2.45) is 29.1 Å². The van der Waals surface area contributed by atoms with Gasteiger partial charge in [0, 0.05) is 6.61 Å². The highest BCUT2D eigenvalue weighted by Gasteiger charge is 2.54. The average Bonchev–Trinajstić information content (AvgIpc) is 2.25. The normalized spacial score (nSPS) is 56.1. The number of aliphatic hydroxyl groups excluding tert-OH is 1. The average molecular weight is 194 g/mol. The molecule has 4 rings (SSSR count). The van der Waals surface area contributed by atoms with E-state index in [0.717, 1.165) is 23.7 Å². The highest BCUT2D eigenvalue weighted by molar-refractivity contribution is 5.04. The minimum Gasteiger partial charge on any atom is -0.396 e. The van der Waals surface area contributed by atoms with Gasteiger partial charge in [0.05, 0.1) is 0 Å². The minimum atomic E-state index is 0.373.